The monoisotopic (exact) mass is 506 g/mol. The summed E-state index contributed by atoms with van der Waals surface area (Å²) in [5.74, 6) is 0. The van der Waals surface area contributed by atoms with E-state index in [4.69, 9.17) is 0 Å². The molecule has 0 aliphatic heterocycles. The Kier molecular flexibility index (Phi) is 5.24. The second kappa shape index (κ2) is 9.22. The first-order valence-corrected chi connectivity index (χ1v) is 13.9. The maximum atomic E-state index is 2.29. The smallest absolute Gasteiger partial charge is 0.00206 e. The molecule has 0 radical (unpaired) electrons. The van der Waals surface area contributed by atoms with Gasteiger partial charge in [-0.3, -0.25) is 0 Å². The van der Waals surface area contributed by atoms with Crippen LogP contribution >= 0.6 is 0 Å². The first kappa shape index (κ1) is 22.8. The zero-order valence-electron chi connectivity index (χ0n) is 22.0. The first-order valence-electron chi connectivity index (χ1n) is 13.9. The van der Waals surface area contributed by atoms with Gasteiger partial charge < -0.3 is 0 Å². The van der Waals surface area contributed by atoms with Crippen LogP contribution in [0, 0.1) is 0 Å². The van der Waals surface area contributed by atoms with Gasteiger partial charge in [0.25, 0.3) is 0 Å². The Hall–Kier alpha value is -5.20. The molecule has 0 heteroatoms. The predicted molar refractivity (Wildman–Crippen MR) is 172 cm³/mol. The Bertz CT molecular complexity index is 2080. The van der Waals surface area contributed by atoms with Crippen molar-refractivity contribution in [3.05, 3.63) is 158 Å². The van der Waals surface area contributed by atoms with Crippen molar-refractivity contribution in [2.45, 2.75) is 0 Å². The summed E-state index contributed by atoms with van der Waals surface area (Å²) in [6.07, 6.45) is 0. The van der Waals surface area contributed by atoms with Gasteiger partial charge in [-0.25, -0.2) is 0 Å². The van der Waals surface area contributed by atoms with Crippen LogP contribution in [0.25, 0.3) is 76.8 Å². The topological polar surface area (TPSA) is 0 Å². The molecule has 8 aromatic carbocycles. The van der Waals surface area contributed by atoms with Crippen LogP contribution in [0.1, 0.15) is 0 Å². The van der Waals surface area contributed by atoms with Crippen LogP contribution in [-0.4, -0.2) is 0 Å². The van der Waals surface area contributed by atoms with Gasteiger partial charge in [0.2, 0.25) is 0 Å². The maximum absolute atomic E-state index is 2.29. The lowest BCUT2D eigenvalue weighted by Crippen LogP contribution is -1.87. The van der Waals surface area contributed by atoms with Crippen molar-refractivity contribution in [1.82, 2.24) is 0 Å². The lowest BCUT2D eigenvalue weighted by molar-refractivity contribution is 1.57. The quantitative estimate of drug-likeness (QED) is 0.208. The van der Waals surface area contributed by atoms with Crippen molar-refractivity contribution in [3.63, 3.8) is 0 Å². The molecule has 0 N–H and O–H groups in total. The molecule has 40 heavy (non-hydrogen) atoms. The van der Waals surface area contributed by atoms with Gasteiger partial charge in [-0.1, -0.05) is 158 Å². The van der Waals surface area contributed by atoms with Gasteiger partial charge in [0.1, 0.15) is 0 Å². The molecule has 0 unspecified atom stereocenters. The molecule has 8 rings (SSSR count). The van der Waals surface area contributed by atoms with Crippen LogP contribution in [0.5, 0.6) is 0 Å². The minimum absolute atomic E-state index is 1.23. The molecule has 186 valence electrons. The van der Waals surface area contributed by atoms with Crippen molar-refractivity contribution in [2.75, 3.05) is 0 Å². The Balaban J connectivity index is 1.10. The van der Waals surface area contributed by atoms with E-state index >= 15 is 0 Å². The van der Waals surface area contributed by atoms with Gasteiger partial charge in [-0.15, -0.1) is 0 Å². The molecular formula is C40H26. The van der Waals surface area contributed by atoms with E-state index in [9.17, 15) is 0 Å². The molecule has 8 aromatic rings. The fourth-order valence-corrected chi connectivity index (χ4v) is 6.17. The molecular weight excluding hydrogens is 480 g/mol. The summed E-state index contributed by atoms with van der Waals surface area (Å²) in [5, 5.41) is 7.96. The van der Waals surface area contributed by atoms with Crippen molar-refractivity contribution >= 4 is 32.3 Å². The van der Waals surface area contributed by atoms with E-state index in [2.05, 4.69) is 158 Å². The van der Waals surface area contributed by atoms with Gasteiger partial charge in [0.15, 0.2) is 0 Å². The SMILES string of the molecule is c1ccc(-c2ccc(-c3ccc(-c4ccc(-c5ccc6ccc7cccc8ccc5c6c78)cc4)cc3)cc2)cc1. The molecule has 0 atom stereocenters. The van der Waals surface area contributed by atoms with Crippen molar-refractivity contribution in [3.8, 4) is 44.5 Å². The Labute approximate surface area is 234 Å². The van der Waals surface area contributed by atoms with Crippen molar-refractivity contribution in [1.29, 1.82) is 0 Å². The molecule has 0 saturated heterocycles. The van der Waals surface area contributed by atoms with E-state index < -0.39 is 0 Å². The van der Waals surface area contributed by atoms with E-state index in [0.29, 0.717) is 0 Å². The Morgan fingerprint density at radius 2 is 0.625 bits per heavy atom. The van der Waals surface area contributed by atoms with E-state index in [1.54, 1.807) is 0 Å². The normalized spacial score (nSPS) is 11.5. The third-order valence-corrected chi connectivity index (χ3v) is 8.27. The van der Waals surface area contributed by atoms with E-state index in [1.807, 2.05) is 0 Å². The fraction of sp³-hybridized carbons (Fsp3) is 0. The molecule has 0 fully saturated rings. The van der Waals surface area contributed by atoms with E-state index in [-0.39, 0.29) is 0 Å². The van der Waals surface area contributed by atoms with Gasteiger partial charge >= 0.3 is 0 Å². The van der Waals surface area contributed by atoms with Crippen LogP contribution in [0.2, 0.25) is 0 Å². The fourth-order valence-electron chi connectivity index (χ4n) is 6.17. The van der Waals surface area contributed by atoms with Crippen molar-refractivity contribution < 1.29 is 0 Å². The van der Waals surface area contributed by atoms with Crippen LogP contribution in [0.15, 0.2) is 158 Å². The molecule has 0 amide bonds. The third-order valence-electron chi connectivity index (χ3n) is 8.27. The summed E-state index contributed by atoms with van der Waals surface area (Å²) in [5.41, 5.74) is 9.94. The average molecular weight is 507 g/mol. The number of rotatable bonds is 4. The highest BCUT2D eigenvalue weighted by molar-refractivity contribution is 6.25. The number of benzene rings is 8. The summed E-state index contributed by atoms with van der Waals surface area (Å²) in [7, 11) is 0. The van der Waals surface area contributed by atoms with E-state index in [0.717, 1.165) is 0 Å². The molecule has 0 aliphatic carbocycles. The van der Waals surface area contributed by atoms with Crippen LogP contribution < -0.4 is 0 Å². The Morgan fingerprint density at radius 3 is 1.15 bits per heavy atom. The summed E-state index contributed by atoms with van der Waals surface area (Å²) >= 11 is 0. The zero-order valence-corrected chi connectivity index (χ0v) is 22.0. The number of hydrogen-bond donors (Lipinski definition) is 0. The standard InChI is InChI=1S/C40H26/c1-2-5-27(6-3-1)28-9-11-29(12-10-28)30-13-15-31(16-14-30)32-17-19-33(20-18-32)37-25-23-36-22-21-34-7-4-8-35-24-26-38(37)40(36)39(34)35/h1-26H. The van der Waals surface area contributed by atoms with Crippen LogP contribution in [-0.2, 0) is 0 Å². The molecule has 0 aliphatic rings. The largest absolute Gasteiger partial charge is 0.0622 e. The first-order chi connectivity index (χ1) is 19.8. The average Bonchev–Trinajstić information content (AvgIpc) is 3.04. The molecule has 0 spiro atoms. The minimum atomic E-state index is 1.23. The Morgan fingerprint density at radius 1 is 0.225 bits per heavy atom. The summed E-state index contributed by atoms with van der Waals surface area (Å²) in [6, 6.07) is 57.4. The zero-order chi connectivity index (χ0) is 26.5. The lowest BCUT2D eigenvalue weighted by Gasteiger charge is -2.14. The molecule has 0 bridgehead atoms. The molecule has 0 heterocycles. The molecule has 0 nitrogen and oxygen atoms in total. The highest BCUT2D eigenvalue weighted by atomic mass is 14.2. The maximum Gasteiger partial charge on any atom is -0.00206 e. The second-order valence-corrected chi connectivity index (χ2v) is 10.6. The van der Waals surface area contributed by atoms with Crippen LogP contribution in [0.4, 0.5) is 0 Å². The molecule has 0 saturated carbocycles. The summed E-state index contributed by atoms with van der Waals surface area (Å²) < 4.78 is 0. The van der Waals surface area contributed by atoms with Crippen LogP contribution in [0.3, 0.4) is 0 Å². The summed E-state index contributed by atoms with van der Waals surface area (Å²) in [4.78, 5) is 0. The summed E-state index contributed by atoms with van der Waals surface area (Å²) in [6.45, 7) is 0. The van der Waals surface area contributed by atoms with Crippen molar-refractivity contribution in [2.24, 2.45) is 0 Å². The lowest BCUT2D eigenvalue weighted by atomic mass is 9.89. The highest BCUT2D eigenvalue weighted by Crippen LogP contribution is 2.39. The molecule has 0 aromatic heterocycles. The number of hydrogen-bond acceptors (Lipinski definition) is 0. The van der Waals surface area contributed by atoms with Gasteiger partial charge in [0, 0.05) is 0 Å². The highest BCUT2D eigenvalue weighted by Gasteiger charge is 2.12. The minimum Gasteiger partial charge on any atom is -0.0622 e. The predicted octanol–water partition coefficient (Wildman–Crippen LogP) is 11.3. The van der Waals surface area contributed by atoms with E-state index in [1.165, 1.54) is 76.8 Å². The second-order valence-electron chi connectivity index (χ2n) is 10.6. The van der Waals surface area contributed by atoms with Gasteiger partial charge in [-0.05, 0) is 76.8 Å². The third kappa shape index (κ3) is 3.77. The van der Waals surface area contributed by atoms with Gasteiger partial charge in [-0.2, -0.15) is 0 Å². The van der Waals surface area contributed by atoms with Gasteiger partial charge in [0.05, 0.1) is 0 Å².